The Morgan fingerprint density at radius 2 is 1.81 bits per heavy atom. The van der Waals surface area contributed by atoms with Crippen LogP contribution in [0, 0.1) is 18.8 Å². The van der Waals surface area contributed by atoms with Crippen molar-refractivity contribution in [3.05, 3.63) is 65.2 Å². The minimum atomic E-state index is -1.40. The number of carbonyl (C=O) groups is 4. The molecule has 3 amide bonds. The van der Waals surface area contributed by atoms with E-state index < -0.39 is 35.3 Å². The number of amides is 3. The fraction of sp³-hybridized carbons (Fsp3) is 0.333. The average Bonchev–Trinajstić information content (AvgIpc) is 3.35. The molecule has 0 unspecified atom stereocenters. The number of carboxylic acids is 1. The summed E-state index contributed by atoms with van der Waals surface area (Å²) in [5.74, 6) is -3.87. The summed E-state index contributed by atoms with van der Waals surface area (Å²) >= 11 is 0. The Labute approximate surface area is 184 Å². The van der Waals surface area contributed by atoms with Crippen molar-refractivity contribution in [2.24, 2.45) is 11.8 Å². The number of anilines is 1. The number of aliphatic carboxylic acids is 1. The molecule has 0 aliphatic carbocycles. The quantitative estimate of drug-likeness (QED) is 0.619. The van der Waals surface area contributed by atoms with Gasteiger partial charge in [0.1, 0.15) is 5.54 Å². The molecule has 2 saturated heterocycles. The summed E-state index contributed by atoms with van der Waals surface area (Å²) < 4.78 is 0. The fourth-order valence-corrected chi connectivity index (χ4v) is 5.48. The predicted octanol–water partition coefficient (Wildman–Crippen LogP) is 1.78. The second-order valence-corrected chi connectivity index (χ2v) is 8.69. The zero-order chi connectivity index (χ0) is 22.6. The van der Waals surface area contributed by atoms with Gasteiger partial charge in [-0.15, -0.1) is 0 Å². The predicted molar refractivity (Wildman–Crippen MR) is 114 cm³/mol. The van der Waals surface area contributed by atoms with Gasteiger partial charge in [0.15, 0.2) is 0 Å². The van der Waals surface area contributed by atoms with Crippen molar-refractivity contribution >= 4 is 29.4 Å². The molecule has 8 nitrogen and oxygen atoms in total. The van der Waals surface area contributed by atoms with Gasteiger partial charge in [-0.2, -0.15) is 0 Å². The monoisotopic (exact) mass is 433 g/mol. The zero-order valence-electron chi connectivity index (χ0n) is 17.5. The Bertz CT molecular complexity index is 1150. The minimum absolute atomic E-state index is 0.121. The molecule has 1 spiro atoms. The van der Waals surface area contributed by atoms with E-state index in [1.807, 2.05) is 49.4 Å². The van der Waals surface area contributed by atoms with Crippen LogP contribution in [0.3, 0.4) is 0 Å². The van der Waals surface area contributed by atoms with Gasteiger partial charge in [-0.1, -0.05) is 48.5 Å². The molecule has 3 N–H and O–H groups in total. The number of likely N-dealkylation sites (tertiary alicyclic amines) is 1. The van der Waals surface area contributed by atoms with Crippen LogP contribution in [0.15, 0.2) is 48.5 Å². The smallest absolute Gasteiger partial charge is 0.303 e. The lowest BCUT2D eigenvalue weighted by Crippen LogP contribution is -2.53. The van der Waals surface area contributed by atoms with Crippen molar-refractivity contribution in [2.45, 2.75) is 37.9 Å². The number of rotatable bonds is 5. The van der Waals surface area contributed by atoms with E-state index in [9.17, 15) is 24.3 Å². The van der Waals surface area contributed by atoms with Crippen molar-refractivity contribution in [3.63, 3.8) is 0 Å². The topological polar surface area (TPSA) is 116 Å². The van der Waals surface area contributed by atoms with Crippen molar-refractivity contribution in [3.8, 4) is 0 Å². The first-order chi connectivity index (χ1) is 15.3. The first-order valence-corrected chi connectivity index (χ1v) is 10.6. The summed E-state index contributed by atoms with van der Waals surface area (Å²) in [6, 6.07) is 14.1. The molecule has 2 aromatic carbocycles. The molecule has 0 saturated carbocycles. The number of aryl methyl sites for hydroxylation is 1. The van der Waals surface area contributed by atoms with E-state index in [0.717, 1.165) is 11.1 Å². The highest BCUT2D eigenvalue weighted by atomic mass is 16.4. The molecule has 3 aliphatic rings. The summed E-state index contributed by atoms with van der Waals surface area (Å²) in [4.78, 5) is 53.0. The van der Waals surface area contributed by atoms with Crippen LogP contribution in [0.25, 0.3) is 0 Å². The number of carbonyl (C=O) groups excluding carboxylic acids is 3. The molecule has 32 heavy (non-hydrogen) atoms. The first-order valence-electron chi connectivity index (χ1n) is 10.6. The molecular weight excluding hydrogens is 410 g/mol. The maximum Gasteiger partial charge on any atom is 0.303 e. The molecule has 2 fully saturated rings. The van der Waals surface area contributed by atoms with Crippen LogP contribution < -0.4 is 10.6 Å². The third-order valence-electron chi connectivity index (χ3n) is 6.90. The molecule has 8 heteroatoms. The summed E-state index contributed by atoms with van der Waals surface area (Å²) in [5, 5.41) is 15.4. The maximum atomic E-state index is 13.7. The lowest BCUT2D eigenvalue weighted by Gasteiger charge is -2.29. The normalized spacial score (nSPS) is 28.2. The Hall–Kier alpha value is -3.52. The molecule has 2 aromatic rings. The number of nitrogens with zero attached hydrogens (tertiary/aromatic N) is 1. The summed E-state index contributed by atoms with van der Waals surface area (Å²) in [5.41, 5.74) is 1.55. The lowest BCUT2D eigenvalue weighted by molar-refractivity contribution is -0.144. The standard InChI is InChI=1S/C24H23N3O5/c1-13-6-5-9-15-20(13)25-23(32)24(15)19-18(16(26-24)10-11-17(28)29)21(30)27(22(19)31)12-14-7-3-2-4-8-14/h2-9,16,18-19,26H,10-12H2,1H3,(H,25,32)(H,28,29)/t16-,18-,19-,24-/m1/s1. The second kappa shape index (κ2) is 7.27. The number of imide groups is 1. The Morgan fingerprint density at radius 3 is 2.53 bits per heavy atom. The van der Waals surface area contributed by atoms with E-state index in [0.29, 0.717) is 11.3 Å². The highest BCUT2D eigenvalue weighted by Crippen LogP contribution is 2.54. The Balaban J connectivity index is 1.60. The van der Waals surface area contributed by atoms with Crippen LogP contribution in [0.2, 0.25) is 0 Å². The van der Waals surface area contributed by atoms with E-state index in [1.54, 1.807) is 6.07 Å². The second-order valence-electron chi connectivity index (χ2n) is 8.69. The Kier molecular flexibility index (Phi) is 4.63. The zero-order valence-corrected chi connectivity index (χ0v) is 17.5. The first kappa shape index (κ1) is 20.4. The number of nitrogens with one attached hydrogen (secondary N) is 2. The van der Waals surface area contributed by atoms with E-state index >= 15 is 0 Å². The van der Waals surface area contributed by atoms with E-state index in [1.165, 1.54) is 4.90 Å². The number of hydrogen-bond donors (Lipinski definition) is 3. The van der Waals surface area contributed by atoms with Crippen LogP contribution in [0.4, 0.5) is 5.69 Å². The van der Waals surface area contributed by atoms with Gasteiger partial charge in [0, 0.05) is 23.7 Å². The number of carboxylic acid groups (broad SMARTS) is 1. The number of benzene rings is 2. The van der Waals surface area contributed by atoms with Gasteiger partial charge in [-0.05, 0) is 24.5 Å². The van der Waals surface area contributed by atoms with Crippen LogP contribution >= 0.6 is 0 Å². The third-order valence-corrected chi connectivity index (χ3v) is 6.90. The van der Waals surface area contributed by atoms with Crippen molar-refractivity contribution in [1.82, 2.24) is 10.2 Å². The summed E-state index contributed by atoms with van der Waals surface area (Å²) in [6.45, 7) is 1.99. The van der Waals surface area contributed by atoms with Gasteiger partial charge in [-0.3, -0.25) is 29.4 Å². The minimum Gasteiger partial charge on any atom is -0.481 e. The summed E-state index contributed by atoms with van der Waals surface area (Å²) in [6.07, 6.45) is -0.0235. The van der Waals surface area contributed by atoms with Crippen LogP contribution in [0.1, 0.15) is 29.5 Å². The number of para-hydroxylation sites is 1. The molecule has 3 heterocycles. The highest BCUT2D eigenvalue weighted by molar-refractivity contribution is 6.15. The fourth-order valence-electron chi connectivity index (χ4n) is 5.48. The molecule has 0 aromatic heterocycles. The molecule has 5 rings (SSSR count). The van der Waals surface area contributed by atoms with Gasteiger partial charge in [0.25, 0.3) is 0 Å². The number of hydrogen-bond acceptors (Lipinski definition) is 5. The van der Waals surface area contributed by atoms with Crippen molar-refractivity contribution in [2.75, 3.05) is 5.32 Å². The molecule has 0 radical (unpaired) electrons. The van der Waals surface area contributed by atoms with Gasteiger partial charge < -0.3 is 10.4 Å². The third kappa shape index (κ3) is 2.79. The van der Waals surface area contributed by atoms with Gasteiger partial charge >= 0.3 is 5.97 Å². The lowest BCUT2D eigenvalue weighted by atomic mass is 9.76. The van der Waals surface area contributed by atoms with Crippen molar-refractivity contribution < 1.29 is 24.3 Å². The molecule has 3 aliphatic heterocycles. The van der Waals surface area contributed by atoms with Crippen LogP contribution in [0.5, 0.6) is 0 Å². The van der Waals surface area contributed by atoms with Crippen LogP contribution in [-0.4, -0.2) is 39.7 Å². The molecular formula is C24H23N3O5. The van der Waals surface area contributed by atoms with Crippen molar-refractivity contribution in [1.29, 1.82) is 0 Å². The maximum absolute atomic E-state index is 13.7. The van der Waals surface area contributed by atoms with Crippen LogP contribution in [-0.2, 0) is 31.3 Å². The summed E-state index contributed by atoms with van der Waals surface area (Å²) in [7, 11) is 0. The SMILES string of the molecule is Cc1cccc2c1NC(=O)[C@@]21N[C@H](CCC(=O)O)[C@H]2C(=O)N(Cc3ccccc3)C(=O)[C@@H]21. The van der Waals surface area contributed by atoms with E-state index in [2.05, 4.69) is 10.6 Å². The van der Waals surface area contributed by atoms with Gasteiger partial charge in [0.2, 0.25) is 17.7 Å². The largest absolute Gasteiger partial charge is 0.481 e. The molecule has 164 valence electrons. The number of fused-ring (bicyclic) bond motifs is 4. The van der Waals surface area contributed by atoms with Gasteiger partial charge in [-0.25, -0.2) is 0 Å². The molecule has 0 bridgehead atoms. The van der Waals surface area contributed by atoms with E-state index in [4.69, 9.17) is 0 Å². The van der Waals surface area contributed by atoms with Gasteiger partial charge in [0.05, 0.1) is 18.4 Å². The van der Waals surface area contributed by atoms with E-state index in [-0.39, 0.29) is 31.2 Å². The Morgan fingerprint density at radius 1 is 1.06 bits per heavy atom. The molecule has 4 atom stereocenters. The average molecular weight is 433 g/mol. The highest BCUT2D eigenvalue weighted by Gasteiger charge is 2.70.